The predicted molar refractivity (Wildman–Crippen MR) is 89.8 cm³/mol. The van der Waals surface area contributed by atoms with Crippen molar-refractivity contribution in [3.05, 3.63) is 36.5 Å². The summed E-state index contributed by atoms with van der Waals surface area (Å²) in [4.78, 5) is 31.0. The highest BCUT2D eigenvalue weighted by Crippen LogP contribution is 2.26. The van der Waals surface area contributed by atoms with Gasteiger partial charge in [-0.1, -0.05) is 0 Å². The van der Waals surface area contributed by atoms with Crippen LogP contribution in [0.25, 0.3) is 0 Å². The third-order valence-electron chi connectivity index (χ3n) is 4.00. The summed E-state index contributed by atoms with van der Waals surface area (Å²) >= 11 is 0. The van der Waals surface area contributed by atoms with E-state index < -0.39 is 0 Å². The average Bonchev–Trinajstić information content (AvgIpc) is 2.63. The molecular weight excluding hydrogens is 306 g/mol. The van der Waals surface area contributed by atoms with Gasteiger partial charge in [0.2, 0.25) is 11.9 Å². The standard InChI is InChI=1S/C16H21N7O/c1-17-10-15(24)23-8-2-3-12(11-23)13-4-5-20-16(21-13)22-14-9-18-6-7-19-14/h4-7,9,12,17H,2-3,8,10-11H2,1H3,(H,19,20,21,22)/t12-/m0/s1. The van der Waals surface area contributed by atoms with E-state index in [0.717, 1.165) is 25.1 Å². The van der Waals surface area contributed by atoms with Crippen LogP contribution in [0.4, 0.5) is 11.8 Å². The summed E-state index contributed by atoms with van der Waals surface area (Å²) in [6.45, 7) is 1.88. The zero-order valence-corrected chi connectivity index (χ0v) is 13.6. The molecule has 0 aromatic carbocycles. The normalized spacial score (nSPS) is 17.5. The molecule has 1 aliphatic rings. The van der Waals surface area contributed by atoms with Gasteiger partial charge in [-0.25, -0.2) is 15.0 Å². The molecule has 2 N–H and O–H groups in total. The number of carbonyl (C=O) groups is 1. The van der Waals surface area contributed by atoms with Crippen LogP contribution in [0, 0.1) is 0 Å². The Balaban J connectivity index is 1.70. The van der Waals surface area contributed by atoms with Crippen molar-refractivity contribution in [2.75, 3.05) is 32.0 Å². The second-order valence-electron chi connectivity index (χ2n) is 5.73. The molecule has 1 saturated heterocycles. The van der Waals surface area contributed by atoms with Gasteiger partial charge in [0.25, 0.3) is 0 Å². The van der Waals surface area contributed by atoms with Gasteiger partial charge < -0.3 is 15.5 Å². The minimum absolute atomic E-state index is 0.133. The Hall–Kier alpha value is -2.61. The molecule has 2 aromatic heterocycles. The van der Waals surface area contributed by atoms with Gasteiger partial charge in [-0.15, -0.1) is 0 Å². The molecular formula is C16H21N7O. The molecule has 126 valence electrons. The molecule has 2 aromatic rings. The van der Waals surface area contributed by atoms with Crippen LogP contribution < -0.4 is 10.6 Å². The molecule has 1 amide bonds. The average molecular weight is 327 g/mol. The van der Waals surface area contributed by atoms with Gasteiger partial charge in [0.15, 0.2) is 5.82 Å². The van der Waals surface area contributed by atoms with Crippen molar-refractivity contribution < 1.29 is 4.79 Å². The van der Waals surface area contributed by atoms with Gasteiger partial charge in [-0.05, 0) is 26.0 Å². The molecule has 3 rings (SSSR count). The molecule has 0 radical (unpaired) electrons. The van der Waals surface area contributed by atoms with Crippen LogP contribution in [0.5, 0.6) is 0 Å². The number of nitrogens with one attached hydrogen (secondary N) is 2. The van der Waals surface area contributed by atoms with Crippen molar-refractivity contribution in [3.63, 3.8) is 0 Å². The highest BCUT2D eigenvalue weighted by molar-refractivity contribution is 5.78. The number of amides is 1. The smallest absolute Gasteiger partial charge is 0.236 e. The van der Waals surface area contributed by atoms with Gasteiger partial charge in [0, 0.05) is 37.6 Å². The van der Waals surface area contributed by atoms with E-state index in [2.05, 4.69) is 30.6 Å². The maximum absolute atomic E-state index is 12.1. The minimum Gasteiger partial charge on any atom is -0.341 e. The first-order valence-electron chi connectivity index (χ1n) is 8.04. The van der Waals surface area contributed by atoms with Crippen molar-refractivity contribution in [1.29, 1.82) is 0 Å². The highest BCUT2D eigenvalue weighted by Gasteiger charge is 2.25. The second kappa shape index (κ2) is 7.78. The fourth-order valence-corrected chi connectivity index (χ4v) is 2.85. The summed E-state index contributed by atoms with van der Waals surface area (Å²) < 4.78 is 0. The monoisotopic (exact) mass is 327 g/mol. The number of likely N-dealkylation sites (tertiary alicyclic amines) is 1. The number of aromatic nitrogens is 4. The van der Waals surface area contributed by atoms with Gasteiger partial charge in [-0.3, -0.25) is 9.78 Å². The zero-order chi connectivity index (χ0) is 16.8. The SMILES string of the molecule is CNCC(=O)N1CCC[C@H](c2ccnc(Nc3cnccn3)n2)C1. The molecule has 1 aliphatic heterocycles. The van der Waals surface area contributed by atoms with Gasteiger partial charge >= 0.3 is 0 Å². The van der Waals surface area contributed by atoms with Crippen LogP contribution in [-0.4, -0.2) is 57.4 Å². The number of likely N-dealkylation sites (N-methyl/N-ethyl adjacent to an activating group) is 1. The predicted octanol–water partition coefficient (Wildman–Crippen LogP) is 0.936. The third-order valence-corrected chi connectivity index (χ3v) is 4.00. The first-order chi connectivity index (χ1) is 11.8. The molecule has 0 spiro atoms. The van der Waals surface area contributed by atoms with Crippen LogP contribution >= 0.6 is 0 Å². The lowest BCUT2D eigenvalue weighted by Crippen LogP contribution is -2.43. The molecule has 8 heteroatoms. The summed E-state index contributed by atoms with van der Waals surface area (Å²) in [6, 6.07) is 1.92. The van der Waals surface area contributed by atoms with Crippen LogP contribution in [-0.2, 0) is 4.79 Å². The fraction of sp³-hybridized carbons (Fsp3) is 0.438. The lowest BCUT2D eigenvalue weighted by molar-refractivity contribution is -0.131. The van der Waals surface area contributed by atoms with E-state index in [1.165, 1.54) is 0 Å². The minimum atomic E-state index is 0.133. The van der Waals surface area contributed by atoms with Crippen molar-refractivity contribution in [2.24, 2.45) is 0 Å². The summed E-state index contributed by atoms with van der Waals surface area (Å²) in [5, 5.41) is 5.97. The Labute approximate surface area is 140 Å². The number of rotatable bonds is 5. The summed E-state index contributed by atoms with van der Waals surface area (Å²) in [6.07, 6.45) is 8.58. The van der Waals surface area contributed by atoms with Crippen LogP contribution in [0.2, 0.25) is 0 Å². The molecule has 24 heavy (non-hydrogen) atoms. The Bertz CT molecular complexity index is 679. The lowest BCUT2D eigenvalue weighted by atomic mass is 9.94. The summed E-state index contributed by atoms with van der Waals surface area (Å²) in [5.74, 6) is 1.45. The first-order valence-corrected chi connectivity index (χ1v) is 8.04. The lowest BCUT2D eigenvalue weighted by Gasteiger charge is -2.32. The topological polar surface area (TPSA) is 95.9 Å². The number of hydrogen-bond acceptors (Lipinski definition) is 7. The number of carbonyl (C=O) groups excluding carboxylic acids is 1. The van der Waals surface area contributed by atoms with Crippen molar-refractivity contribution >= 4 is 17.7 Å². The van der Waals surface area contributed by atoms with Crippen LogP contribution in [0.3, 0.4) is 0 Å². The Kier molecular flexibility index (Phi) is 5.27. The van der Waals surface area contributed by atoms with E-state index in [4.69, 9.17) is 0 Å². The van der Waals surface area contributed by atoms with Crippen molar-refractivity contribution in [3.8, 4) is 0 Å². The number of hydrogen-bond donors (Lipinski definition) is 2. The molecule has 0 aliphatic carbocycles. The van der Waals surface area contributed by atoms with Crippen LogP contribution in [0.1, 0.15) is 24.5 Å². The summed E-state index contributed by atoms with van der Waals surface area (Å²) in [5.41, 5.74) is 0.943. The number of piperidine rings is 1. The van der Waals surface area contributed by atoms with Gasteiger partial charge in [-0.2, -0.15) is 0 Å². The Morgan fingerprint density at radius 1 is 1.33 bits per heavy atom. The zero-order valence-electron chi connectivity index (χ0n) is 13.6. The molecule has 1 atom stereocenters. The van der Waals surface area contributed by atoms with Crippen LogP contribution in [0.15, 0.2) is 30.9 Å². The Morgan fingerprint density at radius 3 is 3.04 bits per heavy atom. The van der Waals surface area contributed by atoms with Gasteiger partial charge in [0.1, 0.15) is 0 Å². The summed E-state index contributed by atoms with van der Waals surface area (Å²) in [7, 11) is 1.79. The molecule has 3 heterocycles. The fourth-order valence-electron chi connectivity index (χ4n) is 2.85. The molecule has 1 fully saturated rings. The van der Waals surface area contributed by atoms with Crippen molar-refractivity contribution in [1.82, 2.24) is 30.2 Å². The maximum atomic E-state index is 12.1. The van der Waals surface area contributed by atoms with Gasteiger partial charge in [0.05, 0.1) is 18.4 Å². The van der Waals surface area contributed by atoms with Crippen molar-refractivity contribution in [2.45, 2.75) is 18.8 Å². The first kappa shape index (κ1) is 16.3. The number of nitrogens with zero attached hydrogens (tertiary/aromatic N) is 5. The highest BCUT2D eigenvalue weighted by atomic mass is 16.2. The molecule has 0 bridgehead atoms. The van der Waals surface area contributed by atoms with E-state index >= 15 is 0 Å². The maximum Gasteiger partial charge on any atom is 0.236 e. The molecule has 0 saturated carbocycles. The van der Waals surface area contributed by atoms with E-state index in [0.29, 0.717) is 24.9 Å². The second-order valence-corrected chi connectivity index (χ2v) is 5.73. The molecule has 8 nitrogen and oxygen atoms in total. The Morgan fingerprint density at radius 2 is 2.25 bits per heavy atom. The quantitative estimate of drug-likeness (QED) is 0.843. The number of anilines is 2. The largest absolute Gasteiger partial charge is 0.341 e. The van der Waals surface area contributed by atoms with E-state index in [1.54, 1.807) is 31.8 Å². The van der Waals surface area contributed by atoms with E-state index in [-0.39, 0.29) is 11.8 Å². The molecule has 0 unspecified atom stereocenters. The van der Waals surface area contributed by atoms with E-state index in [9.17, 15) is 4.79 Å². The third kappa shape index (κ3) is 4.02. The van der Waals surface area contributed by atoms with E-state index in [1.807, 2.05) is 11.0 Å².